The van der Waals surface area contributed by atoms with Crippen LogP contribution in [0.4, 0.5) is 0 Å². The fraction of sp³-hybridized carbons (Fsp3) is 0.562. The predicted molar refractivity (Wildman–Crippen MR) is 74.2 cm³/mol. The maximum Gasteiger partial charge on any atom is 0.0499 e. The topological polar surface area (TPSA) is 20.2 Å². The highest BCUT2D eigenvalue weighted by molar-refractivity contribution is 5.33. The van der Waals surface area contributed by atoms with Crippen molar-refractivity contribution in [1.82, 2.24) is 0 Å². The molecule has 0 bridgehead atoms. The Balaban J connectivity index is 2.91. The van der Waals surface area contributed by atoms with Gasteiger partial charge in [0.15, 0.2) is 0 Å². The Kier molecular flexibility index (Phi) is 6.28. The fourth-order valence-electron chi connectivity index (χ4n) is 2.09. The van der Waals surface area contributed by atoms with Crippen molar-refractivity contribution in [3.63, 3.8) is 0 Å². The van der Waals surface area contributed by atoms with Crippen LogP contribution < -0.4 is 0 Å². The Labute approximate surface area is 106 Å². The zero-order chi connectivity index (χ0) is 12.7. The van der Waals surface area contributed by atoms with Gasteiger partial charge in [0.25, 0.3) is 0 Å². The van der Waals surface area contributed by atoms with Crippen LogP contribution in [0.2, 0.25) is 0 Å². The summed E-state index contributed by atoms with van der Waals surface area (Å²) < 4.78 is 0. The van der Waals surface area contributed by atoms with E-state index in [9.17, 15) is 5.11 Å². The van der Waals surface area contributed by atoms with Gasteiger partial charge in [0.1, 0.15) is 0 Å². The lowest BCUT2D eigenvalue weighted by Gasteiger charge is -2.13. The van der Waals surface area contributed by atoms with Gasteiger partial charge in [-0.3, -0.25) is 0 Å². The van der Waals surface area contributed by atoms with Gasteiger partial charge in [-0.05, 0) is 42.9 Å². The highest BCUT2D eigenvalue weighted by Gasteiger charge is 2.07. The number of aliphatic hydroxyl groups excluding tert-OH is 1. The second-order valence-corrected chi connectivity index (χ2v) is 4.82. The van der Waals surface area contributed by atoms with Crippen molar-refractivity contribution in [2.75, 3.05) is 6.61 Å². The molecule has 0 fully saturated rings. The third kappa shape index (κ3) is 4.51. The number of unbranched alkanes of at least 4 members (excludes halogenated alkanes) is 1. The average molecular weight is 233 g/mol. The maximum atomic E-state index is 9.21. The van der Waals surface area contributed by atoms with E-state index in [0.29, 0.717) is 0 Å². The summed E-state index contributed by atoms with van der Waals surface area (Å²) in [6.07, 6.45) is 5.87. The summed E-state index contributed by atoms with van der Waals surface area (Å²) in [5.74, 6) is 0.00665. The van der Waals surface area contributed by atoms with E-state index in [-0.39, 0.29) is 12.5 Å². The molecular formula is C16H25O. The number of benzene rings is 1. The minimum atomic E-state index is 0.00665. The van der Waals surface area contributed by atoms with Gasteiger partial charge >= 0.3 is 0 Å². The zero-order valence-corrected chi connectivity index (χ0v) is 11.2. The Morgan fingerprint density at radius 3 is 2.24 bits per heavy atom. The second kappa shape index (κ2) is 7.50. The molecule has 0 saturated carbocycles. The number of aliphatic hydroxyl groups is 1. The van der Waals surface area contributed by atoms with Crippen LogP contribution in [0.15, 0.2) is 18.2 Å². The van der Waals surface area contributed by atoms with Crippen molar-refractivity contribution in [1.29, 1.82) is 0 Å². The van der Waals surface area contributed by atoms with Crippen LogP contribution in [0.5, 0.6) is 0 Å². The van der Waals surface area contributed by atoms with E-state index in [1.807, 2.05) is 0 Å². The Hall–Kier alpha value is -0.820. The Morgan fingerprint density at radius 2 is 1.71 bits per heavy atom. The van der Waals surface area contributed by atoms with Crippen LogP contribution in [0.1, 0.15) is 55.7 Å². The van der Waals surface area contributed by atoms with E-state index in [1.165, 1.54) is 29.5 Å². The molecule has 1 aromatic rings. The van der Waals surface area contributed by atoms with Crippen molar-refractivity contribution >= 4 is 0 Å². The average Bonchev–Trinajstić information content (AvgIpc) is 2.35. The van der Waals surface area contributed by atoms with Crippen LogP contribution in [0.3, 0.4) is 0 Å². The highest BCUT2D eigenvalue weighted by Crippen LogP contribution is 2.20. The first-order valence-corrected chi connectivity index (χ1v) is 6.77. The fourth-order valence-corrected chi connectivity index (χ4v) is 2.09. The smallest absolute Gasteiger partial charge is 0.0499 e. The summed E-state index contributed by atoms with van der Waals surface area (Å²) in [6, 6.07) is 6.72. The van der Waals surface area contributed by atoms with Crippen molar-refractivity contribution in [3.8, 4) is 0 Å². The molecule has 1 aromatic carbocycles. The summed E-state index contributed by atoms with van der Waals surface area (Å²) in [7, 11) is 0. The predicted octanol–water partition coefficient (Wildman–Crippen LogP) is 3.89. The SMILES string of the molecule is [CH2]C(CO)c1cc(CCC)cc(CCCC)c1. The monoisotopic (exact) mass is 233 g/mol. The zero-order valence-electron chi connectivity index (χ0n) is 11.2. The van der Waals surface area contributed by atoms with Gasteiger partial charge in [-0.15, -0.1) is 0 Å². The van der Waals surface area contributed by atoms with Gasteiger partial charge in [0.2, 0.25) is 0 Å². The van der Waals surface area contributed by atoms with Crippen molar-refractivity contribution < 1.29 is 5.11 Å². The first-order chi connectivity index (χ1) is 8.21. The van der Waals surface area contributed by atoms with Gasteiger partial charge in [-0.25, -0.2) is 0 Å². The summed E-state index contributed by atoms with van der Waals surface area (Å²) >= 11 is 0. The molecule has 1 rings (SSSR count). The van der Waals surface area contributed by atoms with E-state index in [0.717, 1.165) is 19.3 Å². The largest absolute Gasteiger partial charge is 0.396 e. The molecule has 0 aliphatic carbocycles. The van der Waals surface area contributed by atoms with Crippen LogP contribution in [-0.4, -0.2) is 11.7 Å². The van der Waals surface area contributed by atoms with Gasteiger partial charge < -0.3 is 5.11 Å². The lowest BCUT2D eigenvalue weighted by atomic mass is 9.94. The maximum absolute atomic E-state index is 9.21. The van der Waals surface area contributed by atoms with Crippen LogP contribution in [0, 0.1) is 6.92 Å². The number of hydrogen-bond donors (Lipinski definition) is 1. The van der Waals surface area contributed by atoms with Crippen molar-refractivity contribution in [2.45, 2.75) is 51.9 Å². The highest BCUT2D eigenvalue weighted by atomic mass is 16.3. The lowest BCUT2D eigenvalue weighted by Crippen LogP contribution is -2.02. The van der Waals surface area contributed by atoms with E-state index in [4.69, 9.17) is 0 Å². The normalized spacial score (nSPS) is 12.7. The standard InChI is InChI=1S/C16H25O/c1-4-6-8-15-9-14(7-5-2)10-16(11-15)13(3)12-17/h9-11,13,17H,3-8,12H2,1-2H3. The van der Waals surface area contributed by atoms with E-state index in [2.05, 4.69) is 39.0 Å². The van der Waals surface area contributed by atoms with Crippen LogP contribution in [-0.2, 0) is 12.8 Å². The molecule has 95 valence electrons. The van der Waals surface area contributed by atoms with E-state index in [1.54, 1.807) is 0 Å². The molecule has 1 unspecified atom stereocenters. The molecule has 0 saturated heterocycles. The molecule has 0 amide bonds. The van der Waals surface area contributed by atoms with Gasteiger partial charge in [0, 0.05) is 12.5 Å². The molecule has 0 aliphatic rings. The van der Waals surface area contributed by atoms with Crippen molar-refractivity contribution in [2.24, 2.45) is 0 Å². The van der Waals surface area contributed by atoms with E-state index < -0.39 is 0 Å². The molecule has 1 N–H and O–H groups in total. The minimum Gasteiger partial charge on any atom is -0.396 e. The van der Waals surface area contributed by atoms with Gasteiger partial charge in [-0.2, -0.15) is 0 Å². The molecule has 0 spiro atoms. The Bertz CT molecular complexity index is 330. The first-order valence-electron chi connectivity index (χ1n) is 6.77. The molecule has 0 aliphatic heterocycles. The number of hydrogen-bond acceptors (Lipinski definition) is 1. The van der Waals surface area contributed by atoms with Crippen molar-refractivity contribution in [3.05, 3.63) is 41.8 Å². The quantitative estimate of drug-likeness (QED) is 0.757. The molecule has 1 heteroatoms. The molecule has 1 atom stereocenters. The molecule has 1 nitrogen and oxygen atoms in total. The molecule has 0 heterocycles. The summed E-state index contributed by atoms with van der Waals surface area (Å²) in [4.78, 5) is 0. The van der Waals surface area contributed by atoms with Crippen LogP contribution in [0.25, 0.3) is 0 Å². The van der Waals surface area contributed by atoms with Gasteiger partial charge in [0.05, 0.1) is 0 Å². The van der Waals surface area contributed by atoms with Gasteiger partial charge in [-0.1, -0.05) is 44.9 Å². The minimum absolute atomic E-state index is 0.00665. The lowest BCUT2D eigenvalue weighted by molar-refractivity contribution is 0.282. The number of rotatable bonds is 7. The second-order valence-electron chi connectivity index (χ2n) is 4.82. The number of aryl methyl sites for hydroxylation is 2. The third-order valence-electron chi connectivity index (χ3n) is 3.12. The molecule has 17 heavy (non-hydrogen) atoms. The summed E-state index contributed by atoms with van der Waals surface area (Å²) in [6.45, 7) is 8.54. The molecular weight excluding hydrogens is 208 g/mol. The molecule has 1 radical (unpaired) electrons. The molecule has 0 aromatic heterocycles. The Morgan fingerprint density at radius 1 is 1.06 bits per heavy atom. The summed E-state index contributed by atoms with van der Waals surface area (Å²) in [5, 5.41) is 9.21. The first kappa shape index (κ1) is 14.2. The summed E-state index contributed by atoms with van der Waals surface area (Å²) in [5.41, 5.74) is 3.97. The van der Waals surface area contributed by atoms with Crippen LogP contribution >= 0.6 is 0 Å². The third-order valence-corrected chi connectivity index (χ3v) is 3.12. The van der Waals surface area contributed by atoms with E-state index >= 15 is 0 Å².